The van der Waals surface area contributed by atoms with E-state index in [0.29, 0.717) is 4.90 Å². The van der Waals surface area contributed by atoms with E-state index in [0.717, 1.165) is 0 Å². The first-order valence-electron chi connectivity index (χ1n) is 3.36. The molecule has 0 aliphatic carbocycles. The average molecular weight is 172 g/mol. The molecular weight excluding hydrogens is 164 g/mol. The number of urea groups is 1. The molecule has 1 heterocycles. The summed E-state index contributed by atoms with van der Waals surface area (Å²) >= 11 is 0. The number of aliphatic hydroxyl groups is 1. The van der Waals surface area contributed by atoms with Gasteiger partial charge in [0.2, 0.25) is 11.8 Å². The number of nitrogens with one attached hydrogen (secondary N) is 1. The summed E-state index contributed by atoms with van der Waals surface area (Å²) in [5.41, 5.74) is 0. The summed E-state index contributed by atoms with van der Waals surface area (Å²) in [7, 11) is 0. The summed E-state index contributed by atoms with van der Waals surface area (Å²) in [4.78, 5) is 33.0. The Morgan fingerprint density at radius 2 is 2.08 bits per heavy atom. The molecule has 1 aliphatic rings. The largest absolute Gasteiger partial charge is 0.373 e. The van der Waals surface area contributed by atoms with E-state index < -0.39 is 30.5 Å². The lowest BCUT2D eigenvalue weighted by Gasteiger charge is -2.26. The molecular formula is C6H8N2O4. The molecule has 0 radical (unpaired) electrons. The highest BCUT2D eigenvalue weighted by atomic mass is 16.3. The Morgan fingerprint density at radius 3 is 2.50 bits per heavy atom. The molecule has 4 amide bonds. The van der Waals surface area contributed by atoms with Crippen molar-refractivity contribution in [3.63, 3.8) is 0 Å². The minimum atomic E-state index is -1.20. The van der Waals surface area contributed by atoms with Crippen LogP contribution in [-0.4, -0.2) is 34.1 Å². The first-order valence-corrected chi connectivity index (χ1v) is 3.36. The SMILES string of the molecule is CC(O)N1C(=O)CC(=O)NC1=O. The molecule has 0 aromatic rings. The number of hydrogen-bond acceptors (Lipinski definition) is 4. The maximum Gasteiger partial charge on any atom is 0.332 e. The van der Waals surface area contributed by atoms with Crippen LogP contribution >= 0.6 is 0 Å². The third-order valence-corrected chi connectivity index (χ3v) is 1.42. The number of carbonyl (C=O) groups excluding carboxylic acids is 3. The van der Waals surface area contributed by atoms with Crippen LogP contribution in [0, 0.1) is 0 Å². The Hall–Kier alpha value is -1.43. The number of carbonyl (C=O) groups is 3. The fourth-order valence-electron chi connectivity index (χ4n) is 0.938. The number of hydrogen-bond donors (Lipinski definition) is 2. The summed E-state index contributed by atoms with van der Waals surface area (Å²) < 4.78 is 0. The Morgan fingerprint density at radius 1 is 1.50 bits per heavy atom. The van der Waals surface area contributed by atoms with E-state index in [-0.39, 0.29) is 0 Å². The molecule has 1 unspecified atom stereocenters. The fraction of sp³-hybridized carbons (Fsp3) is 0.500. The number of barbiturate groups is 1. The molecule has 2 N–H and O–H groups in total. The van der Waals surface area contributed by atoms with E-state index in [4.69, 9.17) is 5.11 Å². The standard InChI is InChI=1S/C6H8N2O4/c1-3(9)8-5(11)2-4(10)7-6(8)12/h3,9H,2H2,1H3,(H,7,10,12). The van der Waals surface area contributed by atoms with Crippen LogP contribution in [-0.2, 0) is 9.59 Å². The highest BCUT2D eigenvalue weighted by molar-refractivity contribution is 6.14. The van der Waals surface area contributed by atoms with Crippen LogP contribution in [0.2, 0.25) is 0 Å². The zero-order valence-electron chi connectivity index (χ0n) is 6.40. The normalized spacial score (nSPS) is 20.8. The minimum absolute atomic E-state index is 0.392. The van der Waals surface area contributed by atoms with Gasteiger partial charge in [-0.3, -0.25) is 14.9 Å². The van der Waals surface area contributed by atoms with Gasteiger partial charge in [-0.05, 0) is 6.92 Å². The third kappa shape index (κ3) is 1.42. The lowest BCUT2D eigenvalue weighted by atomic mass is 10.3. The van der Waals surface area contributed by atoms with Crippen LogP contribution in [0.15, 0.2) is 0 Å². The second-order valence-electron chi connectivity index (χ2n) is 2.43. The zero-order valence-corrected chi connectivity index (χ0v) is 6.40. The lowest BCUT2D eigenvalue weighted by molar-refractivity contribution is -0.141. The second kappa shape index (κ2) is 2.90. The highest BCUT2D eigenvalue weighted by Crippen LogP contribution is 2.05. The molecule has 6 heteroatoms. The van der Waals surface area contributed by atoms with Gasteiger partial charge in [0.15, 0.2) is 0 Å². The first-order chi connectivity index (χ1) is 5.52. The van der Waals surface area contributed by atoms with Crippen molar-refractivity contribution in [2.24, 2.45) is 0 Å². The predicted octanol–water partition coefficient (Wildman–Crippen LogP) is -1.21. The monoisotopic (exact) mass is 172 g/mol. The van der Waals surface area contributed by atoms with Gasteiger partial charge in [0, 0.05) is 0 Å². The number of amides is 4. The van der Waals surface area contributed by atoms with E-state index in [1.165, 1.54) is 6.92 Å². The van der Waals surface area contributed by atoms with Gasteiger partial charge in [-0.15, -0.1) is 0 Å². The van der Waals surface area contributed by atoms with Crippen molar-refractivity contribution in [1.82, 2.24) is 10.2 Å². The Labute approximate surface area is 68.1 Å². The van der Waals surface area contributed by atoms with Crippen LogP contribution in [0.3, 0.4) is 0 Å². The van der Waals surface area contributed by atoms with E-state index in [1.807, 2.05) is 5.32 Å². The molecule has 1 rings (SSSR count). The van der Waals surface area contributed by atoms with Crippen molar-refractivity contribution >= 4 is 17.8 Å². The Bertz CT molecular complexity index is 228. The van der Waals surface area contributed by atoms with Gasteiger partial charge in [-0.1, -0.05) is 0 Å². The molecule has 1 saturated heterocycles. The van der Waals surface area contributed by atoms with Crippen molar-refractivity contribution in [3.8, 4) is 0 Å². The quantitative estimate of drug-likeness (QED) is 0.486. The van der Waals surface area contributed by atoms with Crippen molar-refractivity contribution in [2.75, 3.05) is 0 Å². The van der Waals surface area contributed by atoms with E-state index in [1.54, 1.807) is 0 Å². The zero-order chi connectivity index (χ0) is 9.30. The predicted molar refractivity (Wildman–Crippen MR) is 36.7 cm³/mol. The minimum Gasteiger partial charge on any atom is -0.373 e. The fourth-order valence-corrected chi connectivity index (χ4v) is 0.938. The summed E-state index contributed by atoms with van der Waals surface area (Å²) in [5.74, 6) is -1.32. The van der Waals surface area contributed by atoms with Crippen LogP contribution in [0.25, 0.3) is 0 Å². The molecule has 1 atom stereocenters. The first kappa shape index (κ1) is 8.66. The molecule has 12 heavy (non-hydrogen) atoms. The number of nitrogens with zero attached hydrogens (tertiary/aromatic N) is 1. The maximum absolute atomic E-state index is 10.9. The van der Waals surface area contributed by atoms with Gasteiger partial charge < -0.3 is 5.11 Å². The summed E-state index contributed by atoms with van der Waals surface area (Å²) in [5, 5.41) is 10.8. The molecule has 0 aromatic heterocycles. The van der Waals surface area contributed by atoms with Crippen molar-refractivity contribution in [1.29, 1.82) is 0 Å². The maximum atomic E-state index is 10.9. The topological polar surface area (TPSA) is 86.7 Å². The summed E-state index contributed by atoms with van der Waals surface area (Å²) in [6.45, 7) is 1.27. The van der Waals surface area contributed by atoms with E-state index in [2.05, 4.69) is 0 Å². The molecule has 1 fully saturated rings. The average Bonchev–Trinajstić information content (AvgIpc) is 1.82. The van der Waals surface area contributed by atoms with Crippen LogP contribution in [0.4, 0.5) is 4.79 Å². The van der Waals surface area contributed by atoms with Gasteiger partial charge in [0.25, 0.3) is 0 Å². The molecule has 1 aliphatic heterocycles. The Balaban J connectivity index is 2.81. The van der Waals surface area contributed by atoms with E-state index >= 15 is 0 Å². The summed E-state index contributed by atoms with van der Waals surface area (Å²) in [6, 6.07) is -0.869. The number of aliphatic hydroxyl groups excluding tert-OH is 1. The number of imide groups is 2. The molecule has 0 spiro atoms. The van der Waals surface area contributed by atoms with Crippen LogP contribution < -0.4 is 5.32 Å². The molecule has 0 bridgehead atoms. The van der Waals surface area contributed by atoms with Gasteiger partial charge in [0.05, 0.1) is 0 Å². The molecule has 0 aromatic carbocycles. The lowest BCUT2D eigenvalue weighted by Crippen LogP contribution is -2.55. The molecule has 0 saturated carbocycles. The van der Waals surface area contributed by atoms with Crippen LogP contribution in [0.5, 0.6) is 0 Å². The Kier molecular flexibility index (Phi) is 2.09. The molecule has 66 valence electrons. The van der Waals surface area contributed by atoms with Crippen molar-refractivity contribution in [3.05, 3.63) is 0 Å². The van der Waals surface area contributed by atoms with Gasteiger partial charge in [0.1, 0.15) is 12.6 Å². The van der Waals surface area contributed by atoms with Crippen molar-refractivity contribution in [2.45, 2.75) is 19.6 Å². The summed E-state index contributed by atoms with van der Waals surface area (Å²) in [6.07, 6.45) is -1.60. The third-order valence-electron chi connectivity index (χ3n) is 1.42. The van der Waals surface area contributed by atoms with Crippen molar-refractivity contribution < 1.29 is 19.5 Å². The second-order valence-corrected chi connectivity index (χ2v) is 2.43. The van der Waals surface area contributed by atoms with Gasteiger partial charge in [-0.25, -0.2) is 9.69 Å². The van der Waals surface area contributed by atoms with Gasteiger partial charge >= 0.3 is 6.03 Å². The number of rotatable bonds is 1. The van der Waals surface area contributed by atoms with E-state index in [9.17, 15) is 14.4 Å². The van der Waals surface area contributed by atoms with Gasteiger partial charge in [-0.2, -0.15) is 0 Å². The highest BCUT2D eigenvalue weighted by Gasteiger charge is 2.33. The van der Waals surface area contributed by atoms with Crippen LogP contribution in [0.1, 0.15) is 13.3 Å². The smallest absolute Gasteiger partial charge is 0.332 e. The molecule has 6 nitrogen and oxygen atoms in total.